The maximum Gasteiger partial charge on any atom is 0.191 e. The summed E-state index contributed by atoms with van der Waals surface area (Å²) in [6.07, 6.45) is 0. The second-order valence-corrected chi connectivity index (χ2v) is 6.03. The van der Waals surface area contributed by atoms with Gasteiger partial charge in [0.05, 0.1) is 25.9 Å². The summed E-state index contributed by atoms with van der Waals surface area (Å²) in [4.78, 5) is 11.2. The van der Waals surface area contributed by atoms with Crippen LogP contribution in [0.2, 0.25) is 0 Å². The molecule has 0 aliphatic heterocycles. The first-order valence-corrected chi connectivity index (χ1v) is 9.04. The molecule has 2 rings (SSSR count). The van der Waals surface area contributed by atoms with E-state index in [2.05, 4.69) is 20.6 Å². The molecule has 1 aromatic heterocycles. The minimum atomic E-state index is 0.510. The molecule has 0 aliphatic carbocycles. The Kier molecular flexibility index (Phi) is 8.22. The lowest BCUT2D eigenvalue weighted by Crippen LogP contribution is -2.39. The highest BCUT2D eigenvalue weighted by Gasteiger charge is 2.01. The van der Waals surface area contributed by atoms with Gasteiger partial charge in [-0.3, -0.25) is 0 Å². The number of methoxy groups -OCH3 is 1. The number of rotatable bonds is 9. The topological polar surface area (TPSA) is 71.0 Å². The van der Waals surface area contributed by atoms with Crippen LogP contribution in [0.3, 0.4) is 0 Å². The maximum atomic E-state index is 5.72. The second kappa shape index (κ2) is 10.9. The molecule has 0 spiro atoms. The first-order valence-electron chi connectivity index (χ1n) is 9.04. The van der Waals surface area contributed by atoms with Crippen LogP contribution in [0.25, 0.3) is 0 Å². The Morgan fingerprint density at radius 3 is 2.48 bits per heavy atom. The van der Waals surface area contributed by atoms with E-state index in [0.717, 1.165) is 35.5 Å². The average molecular weight is 371 g/mol. The standard InChI is InChI=1S/C20H29N5O2/c1-5-21-20(23-15-16-7-6-8-19(24-16)25(2)3)22-13-14-27-18-11-9-17(26-4)10-12-18/h6-12H,5,13-15H2,1-4H3,(H2,21,22,23). The quantitative estimate of drug-likeness (QED) is 0.400. The predicted octanol–water partition coefficient (Wildman–Crippen LogP) is 2.29. The van der Waals surface area contributed by atoms with Crippen molar-refractivity contribution in [2.75, 3.05) is 45.8 Å². The molecule has 7 nitrogen and oxygen atoms in total. The van der Waals surface area contributed by atoms with Crippen LogP contribution in [0, 0.1) is 0 Å². The van der Waals surface area contributed by atoms with Gasteiger partial charge in [0.25, 0.3) is 0 Å². The van der Waals surface area contributed by atoms with Gasteiger partial charge in [-0.05, 0) is 43.3 Å². The number of nitrogens with zero attached hydrogens (tertiary/aromatic N) is 3. The molecule has 0 amide bonds. The minimum Gasteiger partial charge on any atom is -0.497 e. The van der Waals surface area contributed by atoms with Gasteiger partial charge in [0, 0.05) is 20.6 Å². The van der Waals surface area contributed by atoms with Crippen LogP contribution >= 0.6 is 0 Å². The summed E-state index contributed by atoms with van der Waals surface area (Å²) in [6, 6.07) is 13.5. The number of guanidine groups is 1. The maximum absolute atomic E-state index is 5.72. The van der Waals surface area contributed by atoms with Crippen molar-refractivity contribution in [2.24, 2.45) is 4.99 Å². The molecule has 0 saturated carbocycles. The summed E-state index contributed by atoms with van der Waals surface area (Å²) < 4.78 is 10.9. The second-order valence-electron chi connectivity index (χ2n) is 6.03. The Hall–Kier alpha value is -2.96. The van der Waals surface area contributed by atoms with Crippen LogP contribution in [-0.4, -0.2) is 51.8 Å². The van der Waals surface area contributed by atoms with Gasteiger partial charge in [0.2, 0.25) is 0 Å². The summed E-state index contributed by atoms with van der Waals surface area (Å²) in [7, 11) is 5.60. The van der Waals surface area contributed by atoms with Gasteiger partial charge in [0.15, 0.2) is 5.96 Å². The lowest BCUT2D eigenvalue weighted by Gasteiger charge is -2.13. The van der Waals surface area contributed by atoms with Crippen LogP contribution in [0.1, 0.15) is 12.6 Å². The fourth-order valence-corrected chi connectivity index (χ4v) is 2.32. The van der Waals surface area contributed by atoms with E-state index in [0.29, 0.717) is 19.7 Å². The number of hydrogen-bond acceptors (Lipinski definition) is 5. The van der Waals surface area contributed by atoms with Crippen molar-refractivity contribution in [3.05, 3.63) is 48.2 Å². The van der Waals surface area contributed by atoms with Crippen LogP contribution in [0.5, 0.6) is 11.5 Å². The van der Waals surface area contributed by atoms with Crippen molar-refractivity contribution < 1.29 is 9.47 Å². The molecule has 1 aromatic carbocycles. The number of anilines is 1. The van der Waals surface area contributed by atoms with Crippen molar-refractivity contribution in [1.29, 1.82) is 0 Å². The molecule has 0 radical (unpaired) electrons. The van der Waals surface area contributed by atoms with Crippen molar-refractivity contribution in [3.8, 4) is 11.5 Å². The minimum absolute atomic E-state index is 0.510. The molecule has 2 N–H and O–H groups in total. The van der Waals surface area contributed by atoms with Crippen LogP contribution in [-0.2, 0) is 6.54 Å². The Morgan fingerprint density at radius 1 is 1.07 bits per heavy atom. The Balaban J connectivity index is 1.83. The largest absolute Gasteiger partial charge is 0.497 e. The average Bonchev–Trinajstić information content (AvgIpc) is 2.70. The number of aliphatic imine (C=N–C) groups is 1. The molecule has 146 valence electrons. The SMILES string of the molecule is CCNC(=NCc1cccc(N(C)C)n1)NCCOc1ccc(OC)cc1. The number of ether oxygens (including phenoxy) is 2. The van der Waals surface area contributed by atoms with Crippen molar-refractivity contribution in [2.45, 2.75) is 13.5 Å². The molecule has 7 heteroatoms. The van der Waals surface area contributed by atoms with Gasteiger partial charge in [0.1, 0.15) is 23.9 Å². The predicted molar refractivity (Wildman–Crippen MR) is 110 cm³/mol. The van der Waals surface area contributed by atoms with E-state index >= 15 is 0 Å². The number of benzene rings is 1. The zero-order valence-electron chi connectivity index (χ0n) is 16.5. The highest BCUT2D eigenvalue weighted by molar-refractivity contribution is 5.79. The third kappa shape index (κ3) is 7.05. The van der Waals surface area contributed by atoms with Gasteiger partial charge in [-0.15, -0.1) is 0 Å². The van der Waals surface area contributed by atoms with Crippen molar-refractivity contribution >= 4 is 11.8 Å². The summed E-state index contributed by atoms with van der Waals surface area (Å²) in [6.45, 7) is 4.51. The third-order valence-electron chi connectivity index (χ3n) is 3.72. The highest BCUT2D eigenvalue weighted by Crippen LogP contribution is 2.16. The summed E-state index contributed by atoms with van der Waals surface area (Å²) >= 11 is 0. The molecule has 0 unspecified atom stereocenters. The number of hydrogen-bond donors (Lipinski definition) is 2. The Bertz CT molecular complexity index is 717. The number of aromatic nitrogens is 1. The molecule has 0 aliphatic rings. The lowest BCUT2D eigenvalue weighted by molar-refractivity contribution is 0.321. The van der Waals surface area contributed by atoms with E-state index in [1.165, 1.54) is 0 Å². The monoisotopic (exact) mass is 371 g/mol. The molecule has 27 heavy (non-hydrogen) atoms. The highest BCUT2D eigenvalue weighted by atomic mass is 16.5. The van der Waals surface area contributed by atoms with E-state index < -0.39 is 0 Å². The van der Waals surface area contributed by atoms with Gasteiger partial charge in [-0.25, -0.2) is 9.98 Å². The molecule has 1 heterocycles. The summed E-state index contributed by atoms with van der Waals surface area (Å²) in [5.74, 6) is 3.29. The van der Waals surface area contributed by atoms with E-state index in [-0.39, 0.29) is 0 Å². The Labute approximate surface area is 161 Å². The van der Waals surface area contributed by atoms with Crippen LogP contribution in [0.15, 0.2) is 47.5 Å². The van der Waals surface area contributed by atoms with Crippen LogP contribution < -0.4 is 25.0 Å². The van der Waals surface area contributed by atoms with Gasteiger partial charge in [-0.1, -0.05) is 6.07 Å². The molecular weight excluding hydrogens is 342 g/mol. The summed E-state index contributed by atoms with van der Waals surface area (Å²) in [5.41, 5.74) is 0.924. The van der Waals surface area contributed by atoms with Gasteiger partial charge < -0.3 is 25.0 Å². The smallest absolute Gasteiger partial charge is 0.191 e. The van der Waals surface area contributed by atoms with Gasteiger partial charge in [-0.2, -0.15) is 0 Å². The van der Waals surface area contributed by atoms with E-state index in [9.17, 15) is 0 Å². The molecule has 0 atom stereocenters. The van der Waals surface area contributed by atoms with Crippen molar-refractivity contribution in [3.63, 3.8) is 0 Å². The first-order chi connectivity index (χ1) is 13.1. The van der Waals surface area contributed by atoms with E-state index in [4.69, 9.17) is 9.47 Å². The van der Waals surface area contributed by atoms with Gasteiger partial charge >= 0.3 is 0 Å². The van der Waals surface area contributed by atoms with E-state index in [1.54, 1.807) is 7.11 Å². The lowest BCUT2D eigenvalue weighted by atomic mass is 10.3. The number of pyridine rings is 1. The zero-order valence-corrected chi connectivity index (χ0v) is 16.5. The van der Waals surface area contributed by atoms with Crippen LogP contribution in [0.4, 0.5) is 5.82 Å². The first kappa shape index (κ1) is 20.4. The fourth-order valence-electron chi connectivity index (χ4n) is 2.32. The van der Waals surface area contributed by atoms with E-state index in [1.807, 2.05) is 68.4 Å². The molecular formula is C20H29N5O2. The number of nitrogens with one attached hydrogen (secondary N) is 2. The Morgan fingerprint density at radius 2 is 1.81 bits per heavy atom. The zero-order chi connectivity index (χ0) is 19.5. The summed E-state index contributed by atoms with van der Waals surface area (Å²) in [5, 5.41) is 6.50. The fraction of sp³-hybridized carbons (Fsp3) is 0.400. The van der Waals surface area contributed by atoms with Crippen molar-refractivity contribution in [1.82, 2.24) is 15.6 Å². The molecule has 0 fully saturated rings. The molecule has 0 bridgehead atoms. The normalized spacial score (nSPS) is 11.0. The third-order valence-corrected chi connectivity index (χ3v) is 3.72. The molecule has 0 saturated heterocycles. The molecule has 2 aromatic rings.